The number of benzene rings is 3. The molecule has 0 aliphatic carbocycles. The Bertz CT molecular complexity index is 1170. The van der Waals surface area contributed by atoms with Crippen LogP contribution in [0.3, 0.4) is 0 Å². The molecule has 0 atom stereocenters. The fourth-order valence-corrected chi connectivity index (χ4v) is 4.10. The van der Waals surface area contributed by atoms with Gasteiger partial charge in [-0.25, -0.2) is 8.42 Å². The van der Waals surface area contributed by atoms with Crippen LogP contribution in [-0.4, -0.2) is 21.8 Å². The maximum Gasteiger partial charge on any atom is 0.178 e. The summed E-state index contributed by atoms with van der Waals surface area (Å²) in [5, 5.41) is 5.15. The molecule has 0 aliphatic rings. The largest absolute Gasteiger partial charge is 0.496 e. The van der Waals surface area contributed by atoms with Gasteiger partial charge >= 0.3 is 0 Å². The molecule has 0 amide bonds. The monoisotopic (exact) mass is 368 g/mol. The van der Waals surface area contributed by atoms with Gasteiger partial charge in [0, 0.05) is 22.1 Å². The van der Waals surface area contributed by atoms with E-state index in [9.17, 15) is 8.42 Å². The number of fused-ring (bicyclic) bond motifs is 1. The van der Waals surface area contributed by atoms with Crippen molar-refractivity contribution in [1.82, 2.24) is 0 Å². The summed E-state index contributed by atoms with van der Waals surface area (Å²) in [7, 11) is -2.10. The van der Waals surface area contributed by atoms with E-state index in [-0.39, 0.29) is 16.3 Å². The summed E-state index contributed by atoms with van der Waals surface area (Å²) in [5.41, 5.74) is 15.8. The van der Waals surface area contributed by atoms with E-state index in [1.54, 1.807) is 25.3 Å². The van der Waals surface area contributed by atoms with Gasteiger partial charge in [0.25, 0.3) is 0 Å². The first-order valence-electron chi connectivity index (χ1n) is 7.62. The minimum Gasteiger partial charge on any atom is -0.496 e. The molecular formula is C18H16N4O3S. The Morgan fingerprint density at radius 3 is 2.31 bits per heavy atom. The third kappa shape index (κ3) is 2.92. The van der Waals surface area contributed by atoms with Crippen molar-refractivity contribution >= 4 is 32.0 Å². The lowest BCUT2D eigenvalue weighted by atomic mass is 9.97. The zero-order valence-electron chi connectivity index (χ0n) is 14.2. The summed E-state index contributed by atoms with van der Waals surface area (Å²) in [4.78, 5) is 2.64. The Morgan fingerprint density at radius 2 is 1.69 bits per heavy atom. The number of hydrogen-bond donors (Lipinski definition) is 1. The van der Waals surface area contributed by atoms with Crippen molar-refractivity contribution in [2.75, 3.05) is 19.1 Å². The quantitative estimate of drug-likeness (QED) is 0.317. The molecule has 0 radical (unpaired) electrons. The molecule has 0 aromatic heterocycles. The van der Waals surface area contributed by atoms with Gasteiger partial charge in [-0.15, -0.1) is 0 Å². The van der Waals surface area contributed by atoms with E-state index in [2.05, 4.69) is 10.0 Å². The van der Waals surface area contributed by atoms with Crippen LogP contribution in [0, 0.1) is 0 Å². The van der Waals surface area contributed by atoms with Crippen molar-refractivity contribution in [1.29, 1.82) is 0 Å². The number of hydrogen-bond acceptors (Lipinski definition) is 5. The fourth-order valence-electron chi connectivity index (χ4n) is 3.02. The third-order valence-electron chi connectivity index (χ3n) is 4.09. The molecule has 2 N–H and O–H groups in total. The molecule has 0 aliphatic heterocycles. The average Bonchev–Trinajstić information content (AvgIpc) is 2.61. The predicted octanol–water partition coefficient (Wildman–Crippen LogP) is 4.44. The van der Waals surface area contributed by atoms with Crippen molar-refractivity contribution in [3.8, 4) is 16.9 Å². The van der Waals surface area contributed by atoms with Crippen LogP contribution in [0.15, 0.2) is 58.5 Å². The highest BCUT2D eigenvalue weighted by Gasteiger charge is 2.22. The number of nitrogens with zero attached hydrogens (tertiary/aromatic N) is 3. The van der Waals surface area contributed by atoms with Crippen LogP contribution in [0.1, 0.15) is 0 Å². The first-order chi connectivity index (χ1) is 12.4. The maximum absolute atomic E-state index is 12.4. The van der Waals surface area contributed by atoms with Crippen molar-refractivity contribution < 1.29 is 13.2 Å². The normalized spacial score (nSPS) is 11.2. The number of azide groups is 1. The van der Waals surface area contributed by atoms with Gasteiger partial charge in [0.2, 0.25) is 0 Å². The van der Waals surface area contributed by atoms with Gasteiger partial charge < -0.3 is 10.5 Å². The minimum atomic E-state index is -3.68. The highest BCUT2D eigenvalue weighted by Crippen LogP contribution is 2.41. The van der Waals surface area contributed by atoms with Gasteiger partial charge in [0.15, 0.2) is 9.84 Å². The first kappa shape index (κ1) is 17.6. The van der Waals surface area contributed by atoms with Crippen LogP contribution < -0.4 is 10.5 Å². The second-order valence-electron chi connectivity index (χ2n) is 5.70. The molecule has 0 bridgehead atoms. The topological polar surface area (TPSA) is 118 Å². The number of anilines is 1. The molecule has 26 heavy (non-hydrogen) atoms. The first-order valence-corrected chi connectivity index (χ1v) is 9.51. The third-order valence-corrected chi connectivity index (χ3v) is 5.27. The van der Waals surface area contributed by atoms with Crippen LogP contribution in [0.2, 0.25) is 0 Å². The van der Waals surface area contributed by atoms with Crippen molar-refractivity contribution in [2.45, 2.75) is 4.90 Å². The second-order valence-corrected chi connectivity index (χ2v) is 7.65. The second kappa shape index (κ2) is 6.59. The van der Waals surface area contributed by atoms with E-state index < -0.39 is 9.84 Å². The molecule has 3 aromatic carbocycles. The Balaban J connectivity index is 2.44. The molecule has 0 heterocycles. The number of sulfone groups is 1. The molecule has 0 unspecified atom stereocenters. The van der Waals surface area contributed by atoms with Gasteiger partial charge in [-0.2, -0.15) is 0 Å². The van der Waals surface area contributed by atoms with Crippen molar-refractivity contribution in [3.05, 3.63) is 59.0 Å². The molecule has 8 heteroatoms. The zero-order valence-corrected chi connectivity index (χ0v) is 15.0. The lowest BCUT2D eigenvalue weighted by Gasteiger charge is -2.16. The van der Waals surface area contributed by atoms with Crippen LogP contribution in [-0.2, 0) is 9.84 Å². The zero-order chi connectivity index (χ0) is 18.9. The maximum atomic E-state index is 12.4. The van der Waals surface area contributed by atoms with Gasteiger partial charge in [-0.05, 0) is 28.6 Å². The van der Waals surface area contributed by atoms with Crippen LogP contribution in [0.5, 0.6) is 5.75 Å². The van der Waals surface area contributed by atoms with Crippen LogP contribution >= 0.6 is 0 Å². The van der Waals surface area contributed by atoms with Crippen molar-refractivity contribution in [2.24, 2.45) is 5.11 Å². The molecule has 3 aromatic rings. The molecule has 3 rings (SSSR count). The average molecular weight is 368 g/mol. The minimum absolute atomic E-state index is 0.0577. The standard InChI is InChI=1S/C18H16N4O3S/c1-25-16-10-8-12(11-5-3-4-6-13(11)16)14-7-9-15(21-22-20)17(19)18(14)26(2,23)24/h3-10H,19H2,1-2H3. The summed E-state index contributed by atoms with van der Waals surface area (Å²) in [6, 6.07) is 14.2. The molecule has 0 saturated heterocycles. The smallest absolute Gasteiger partial charge is 0.178 e. The Kier molecular flexibility index (Phi) is 4.46. The molecule has 7 nitrogen and oxygen atoms in total. The Morgan fingerprint density at radius 1 is 1.04 bits per heavy atom. The fraction of sp³-hybridized carbons (Fsp3) is 0.111. The van der Waals surface area contributed by atoms with E-state index in [0.29, 0.717) is 16.9 Å². The number of nitrogens with two attached hydrogens (primary N) is 1. The van der Waals surface area contributed by atoms with E-state index in [1.165, 1.54) is 6.07 Å². The van der Waals surface area contributed by atoms with Gasteiger partial charge in [-0.1, -0.05) is 41.5 Å². The molecular weight excluding hydrogens is 352 g/mol. The summed E-state index contributed by atoms with van der Waals surface area (Å²) in [6.07, 6.45) is 1.08. The number of ether oxygens (including phenoxy) is 1. The van der Waals surface area contributed by atoms with Gasteiger partial charge in [0.05, 0.1) is 23.4 Å². The van der Waals surface area contributed by atoms with E-state index in [4.69, 9.17) is 16.0 Å². The predicted molar refractivity (Wildman–Crippen MR) is 102 cm³/mol. The molecule has 0 spiro atoms. The van der Waals surface area contributed by atoms with Gasteiger partial charge in [0.1, 0.15) is 5.75 Å². The van der Waals surface area contributed by atoms with Gasteiger partial charge in [-0.3, -0.25) is 0 Å². The SMILES string of the molecule is COc1ccc(-c2ccc(N=[N+]=[N-])c(N)c2S(C)(=O)=O)c2ccccc12. The summed E-state index contributed by atoms with van der Waals surface area (Å²) in [6.45, 7) is 0. The lowest BCUT2D eigenvalue weighted by molar-refractivity contribution is 0.420. The summed E-state index contributed by atoms with van der Waals surface area (Å²) < 4.78 is 30.2. The van der Waals surface area contributed by atoms with E-state index in [0.717, 1.165) is 17.0 Å². The Hall–Kier alpha value is -3.22. The van der Waals surface area contributed by atoms with Crippen LogP contribution in [0.4, 0.5) is 11.4 Å². The number of nitrogen functional groups attached to an aromatic ring is 1. The van der Waals surface area contributed by atoms with E-state index >= 15 is 0 Å². The Labute approximate surface area is 150 Å². The molecule has 132 valence electrons. The highest BCUT2D eigenvalue weighted by atomic mass is 32.2. The number of rotatable bonds is 4. The summed E-state index contributed by atoms with van der Waals surface area (Å²) in [5.74, 6) is 0.684. The van der Waals surface area contributed by atoms with Crippen LogP contribution in [0.25, 0.3) is 32.3 Å². The molecule has 0 fully saturated rings. The summed E-state index contributed by atoms with van der Waals surface area (Å²) >= 11 is 0. The van der Waals surface area contributed by atoms with E-state index in [1.807, 2.05) is 24.3 Å². The van der Waals surface area contributed by atoms with Crippen molar-refractivity contribution in [3.63, 3.8) is 0 Å². The molecule has 0 saturated carbocycles. The lowest BCUT2D eigenvalue weighted by Crippen LogP contribution is -2.05. The highest BCUT2D eigenvalue weighted by molar-refractivity contribution is 7.91. The number of methoxy groups -OCH3 is 1.